The smallest absolute Gasteiger partial charge is 0.328 e. The van der Waals surface area contributed by atoms with E-state index in [1.807, 2.05) is 6.07 Å². The first-order valence-corrected chi connectivity index (χ1v) is 10.7. The minimum atomic E-state index is -1.56. The number of carbonyl (C=O) groups is 4. The van der Waals surface area contributed by atoms with Gasteiger partial charge in [0, 0.05) is 0 Å². The van der Waals surface area contributed by atoms with Crippen LogP contribution in [0.2, 0.25) is 0 Å². The maximum Gasteiger partial charge on any atom is 0.328 e. The monoisotopic (exact) mass is 466 g/mol. The van der Waals surface area contributed by atoms with E-state index in [0.717, 1.165) is 5.56 Å². The largest absolute Gasteiger partial charge is 0.480 e. The molecule has 1 aromatic carbocycles. The van der Waals surface area contributed by atoms with Crippen molar-refractivity contribution in [2.45, 2.75) is 63.9 Å². The van der Waals surface area contributed by atoms with Crippen LogP contribution in [0.15, 0.2) is 30.3 Å². The lowest BCUT2D eigenvalue weighted by Gasteiger charge is -2.26. The van der Waals surface area contributed by atoms with E-state index in [1.54, 1.807) is 38.1 Å². The Bertz CT molecular complexity index is 801. The van der Waals surface area contributed by atoms with Crippen molar-refractivity contribution in [3.8, 4) is 0 Å². The number of amides is 3. The van der Waals surface area contributed by atoms with Crippen molar-refractivity contribution in [3.05, 3.63) is 35.9 Å². The highest BCUT2D eigenvalue weighted by molar-refractivity contribution is 5.94. The first-order valence-electron chi connectivity index (χ1n) is 10.7. The van der Waals surface area contributed by atoms with Crippen LogP contribution in [0.1, 0.15) is 32.8 Å². The number of aliphatic carboxylic acids is 1. The van der Waals surface area contributed by atoms with Gasteiger partial charge in [0.1, 0.15) is 12.1 Å². The molecule has 0 fully saturated rings. The lowest BCUT2D eigenvalue weighted by molar-refractivity contribution is -0.145. The molecule has 0 saturated heterocycles. The Morgan fingerprint density at radius 3 is 1.94 bits per heavy atom. The predicted molar refractivity (Wildman–Crippen MR) is 120 cm³/mol. The summed E-state index contributed by atoms with van der Waals surface area (Å²) in [4.78, 5) is 49.0. The van der Waals surface area contributed by atoms with Gasteiger partial charge in [0.2, 0.25) is 17.7 Å². The Morgan fingerprint density at radius 2 is 1.45 bits per heavy atom. The van der Waals surface area contributed by atoms with Crippen LogP contribution in [0.4, 0.5) is 0 Å². The summed E-state index contributed by atoms with van der Waals surface area (Å²) in [7, 11) is 0. The lowest BCUT2D eigenvalue weighted by Crippen LogP contribution is -2.59. The molecule has 11 heteroatoms. The molecular weight excluding hydrogens is 432 g/mol. The second-order valence-corrected chi connectivity index (χ2v) is 8.30. The third-order valence-electron chi connectivity index (χ3n) is 4.84. The van der Waals surface area contributed by atoms with Crippen LogP contribution in [0.3, 0.4) is 0 Å². The Hall–Kier alpha value is -3.02. The van der Waals surface area contributed by atoms with Gasteiger partial charge in [-0.15, -0.1) is 0 Å². The van der Waals surface area contributed by atoms with Crippen molar-refractivity contribution < 1.29 is 34.5 Å². The summed E-state index contributed by atoms with van der Waals surface area (Å²) in [6.45, 7) is 4.07. The normalized spacial score (nSPS) is 15.6. The van der Waals surface area contributed by atoms with E-state index >= 15 is 0 Å². The fourth-order valence-electron chi connectivity index (χ4n) is 3.05. The zero-order chi connectivity index (χ0) is 25.1. The van der Waals surface area contributed by atoms with Crippen LogP contribution >= 0.6 is 0 Å². The summed E-state index contributed by atoms with van der Waals surface area (Å²) in [6, 6.07) is 3.99. The Morgan fingerprint density at radius 1 is 0.909 bits per heavy atom. The van der Waals surface area contributed by atoms with Crippen molar-refractivity contribution in [2.24, 2.45) is 11.7 Å². The summed E-state index contributed by atoms with van der Waals surface area (Å²) in [5.41, 5.74) is 6.73. The van der Waals surface area contributed by atoms with Crippen LogP contribution in [-0.2, 0) is 25.6 Å². The van der Waals surface area contributed by atoms with Crippen molar-refractivity contribution in [2.75, 3.05) is 6.61 Å². The molecule has 0 spiro atoms. The molecule has 8 N–H and O–H groups in total. The molecular formula is C22H34N4O7. The van der Waals surface area contributed by atoms with Crippen LogP contribution in [0, 0.1) is 5.92 Å². The third kappa shape index (κ3) is 9.56. The van der Waals surface area contributed by atoms with Gasteiger partial charge in [-0.1, -0.05) is 44.2 Å². The molecule has 3 amide bonds. The molecule has 0 aromatic heterocycles. The van der Waals surface area contributed by atoms with E-state index < -0.39 is 60.6 Å². The number of carboxylic acids is 1. The molecule has 1 rings (SSSR count). The van der Waals surface area contributed by atoms with Crippen molar-refractivity contribution in [1.29, 1.82) is 0 Å². The first-order chi connectivity index (χ1) is 15.5. The second kappa shape index (κ2) is 13.5. The van der Waals surface area contributed by atoms with E-state index in [1.165, 1.54) is 6.92 Å². The molecule has 0 saturated carbocycles. The average Bonchev–Trinajstić information content (AvgIpc) is 2.74. The van der Waals surface area contributed by atoms with E-state index in [9.17, 15) is 29.4 Å². The zero-order valence-corrected chi connectivity index (χ0v) is 19.0. The number of aliphatic hydroxyl groups excluding tert-OH is 2. The van der Waals surface area contributed by atoms with Crippen molar-refractivity contribution in [1.82, 2.24) is 16.0 Å². The number of hydrogen-bond donors (Lipinski definition) is 7. The fraction of sp³-hybridized carbons (Fsp3) is 0.545. The minimum Gasteiger partial charge on any atom is -0.480 e. The molecule has 0 radical (unpaired) electrons. The molecule has 0 aliphatic heterocycles. The summed E-state index contributed by atoms with van der Waals surface area (Å²) in [6.07, 6.45) is -0.984. The topological polar surface area (TPSA) is 191 Å². The number of carboxylic acid groups (broad SMARTS) is 1. The number of hydrogen-bond acceptors (Lipinski definition) is 7. The quantitative estimate of drug-likeness (QED) is 0.183. The van der Waals surface area contributed by atoms with Gasteiger partial charge >= 0.3 is 5.97 Å². The van der Waals surface area contributed by atoms with Gasteiger partial charge in [-0.2, -0.15) is 0 Å². The van der Waals surface area contributed by atoms with Gasteiger partial charge in [-0.05, 0) is 31.2 Å². The summed E-state index contributed by atoms with van der Waals surface area (Å²) in [5.74, 6) is -3.78. The maximum atomic E-state index is 12.7. The summed E-state index contributed by atoms with van der Waals surface area (Å²) < 4.78 is 0. The van der Waals surface area contributed by atoms with Crippen molar-refractivity contribution in [3.63, 3.8) is 0 Å². The van der Waals surface area contributed by atoms with Gasteiger partial charge in [0.25, 0.3) is 0 Å². The number of nitrogens with two attached hydrogens (primary N) is 1. The number of benzene rings is 1. The van der Waals surface area contributed by atoms with Gasteiger partial charge in [-0.3, -0.25) is 14.4 Å². The molecule has 1 aromatic rings. The second-order valence-electron chi connectivity index (χ2n) is 8.30. The van der Waals surface area contributed by atoms with E-state index in [4.69, 9.17) is 10.8 Å². The molecule has 5 atom stereocenters. The highest BCUT2D eigenvalue weighted by Crippen LogP contribution is 2.07. The standard InChI is InChI=1S/C22H34N4O7/c1-12(2)9-16(20(30)26-18(13(3)28)22(32)33)24-21(31)17(11-27)25-19(29)15(23)10-14-7-5-4-6-8-14/h4-8,12-13,15-18,27-28H,9-11,23H2,1-3H3,(H,24,31)(H,25,29)(H,26,30)(H,32,33). The summed E-state index contributed by atoms with van der Waals surface area (Å²) in [5, 5.41) is 35.4. The molecule has 11 nitrogen and oxygen atoms in total. The van der Waals surface area contributed by atoms with Gasteiger partial charge in [-0.25, -0.2) is 4.79 Å². The molecule has 33 heavy (non-hydrogen) atoms. The first kappa shape index (κ1) is 28.0. The van der Waals surface area contributed by atoms with Crippen LogP contribution < -0.4 is 21.7 Å². The molecule has 0 aliphatic carbocycles. The number of aliphatic hydroxyl groups is 2. The van der Waals surface area contributed by atoms with Crippen molar-refractivity contribution >= 4 is 23.7 Å². The fourth-order valence-corrected chi connectivity index (χ4v) is 3.05. The summed E-state index contributed by atoms with van der Waals surface area (Å²) >= 11 is 0. The van der Waals surface area contributed by atoms with Gasteiger partial charge < -0.3 is 37.0 Å². The number of carbonyl (C=O) groups excluding carboxylic acids is 3. The zero-order valence-electron chi connectivity index (χ0n) is 19.0. The molecule has 0 aliphatic rings. The van der Waals surface area contributed by atoms with Crippen LogP contribution in [0.5, 0.6) is 0 Å². The minimum absolute atomic E-state index is 0.0580. The van der Waals surface area contributed by atoms with E-state index in [-0.39, 0.29) is 18.8 Å². The number of nitrogens with one attached hydrogen (secondary N) is 3. The van der Waals surface area contributed by atoms with E-state index in [2.05, 4.69) is 16.0 Å². The highest BCUT2D eigenvalue weighted by Gasteiger charge is 2.32. The Kier molecular flexibility index (Phi) is 11.5. The third-order valence-corrected chi connectivity index (χ3v) is 4.84. The molecule has 0 bridgehead atoms. The highest BCUT2D eigenvalue weighted by atomic mass is 16.4. The van der Waals surface area contributed by atoms with E-state index in [0.29, 0.717) is 0 Å². The molecule has 5 unspecified atom stereocenters. The Balaban J connectivity index is 2.83. The predicted octanol–water partition coefficient (Wildman–Crippen LogP) is -1.49. The van der Waals surface area contributed by atoms with Gasteiger partial charge in [0.15, 0.2) is 6.04 Å². The van der Waals surface area contributed by atoms with Crippen LogP contribution in [0.25, 0.3) is 0 Å². The molecule has 184 valence electrons. The SMILES string of the molecule is CC(C)CC(NC(=O)C(CO)NC(=O)C(N)Cc1ccccc1)C(=O)NC(C(=O)O)C(C)O. The Labute approximate surface area is 192 Å². The van der Waals surface area contributed by atoms with Gasteiger partial charge in [0.05, 0.1) is 18.8 Å². The van der Waals surface area contributed by atoms with Crippen LogP contribution in [-0.4, -0.2) is 75.9 Å². The maximum absolute atomic E-state index is 12.7. The lowest BCUT2D eigenvalue weighted by atomic mass is 10.0. The molecule has 0 heterocycles. The number of rotatable bonds is 13. The average molecular weight is 467 g/mol.